The molecule has 0 radical (unpaired) electrons. The molecule has 0 aromatic heterocycles. The number of nitrogens with one attached hydrogen (secondary N) is 1. The molecule has 1 amide bonds. The third kappa shape index (κ3) is 4.27. The van der Waals surface area contributed by atoms with E-state index in [-0.39, 0.29) is 11.9 Å². The third-order valence-electron chi connectivity index (χ3n) is 7.27. The van der Waals surface area contributed by atoms with Crippen LogP contribution in [0.1, 0.15) is 35.1 Å². The predicted octanol–water partition coefficient (Wildman–Crippen LogP) is 4.36. The van der Waals surface area contributed by atoms with Crippen LogP contribution in [0.25, 0.3) is 10.8 Å². The van der Waals surface area contributed by atoms with E-state index in [1.54, 1.807) is 0 Å². The highest BCUT2D eigenvalue weighted by Gasteiger charge is 2.38. The molecule has 3 aromatic rings. The number of ether oxygens (including phenoxy) is 1. The molecule has 1 N–H and O–H groups in total. The summed E-state index contributed by atoms with van der Waals surface area (Å²) in [7, 11) is 0. The van der Waals surface area contributed by atoms with E-state index >= 15 is 0 Å². The Morgan fingerprint density at radius 2 is 1.74 bits per heavy atom. The summed E-state index contributed by atoms with van der Waals surface area (Å²) in [6.07, 6.45) is 2.23. The number of nitrogens with zero attached hydrogens (tertiary/aromatic N) is 2. The van der Waals surface area contributed by atoms with Crippen molar-refractivity contribution < 1.29 is 9.53 Å². The summed E-state index contributed by atoms with van der Waals surface area (Å²) in [6.45, 7) is 4.61. The van der Waals surface area contributed by atoms with Gasteiger partial charge in [0, 0.05) is 37.0 Å². The molecule has 2 fully saturated rings. The van der Waals surface area contributed by atoms with Gasteiger partial charge in [-0.1, -0.05) is 73.0 Å². The van der Waals surface area contributed by atoms with Crippen LogP contribution in [-0.4, -0.2) is 53.1 Å². The first-order valence-corrected chi connectivity index (χ1v) is 13.0. The van der Waals surface area contributed by atoms with E-state index in [0.29, 0.717) is 17.8 Å². The SMILES string of the molecule is O=C1NC(=S)CCC1N1C(=S)c2cccc3c(Cc4ccc(CN5CCOCC5)cc4)ccc1c23. The van der Waals surface area contributed by atoms with Gasteiger partial charge < -0.3 is 15.0 Å². The monoisotopic (exact) mass is 501 g/mol. The number of thiocarbonyl (C=S) groups is 2. The van der Waals surface area contributed by atoms with Crippen LogP contribution in [0, 0.1) is 0 Å². The maximum Gasteiger partial charge on any atom is 0.247 e. The van der Waals surface area contributed by atoms with Gasteiger partial charge in [-0.25, -0.2) is 0 Å². The van der Waals surface area contributed by atoms with Gasteiger partial charge in [-0.3, -0.25) is 9.69 Å². The van der Waals surface area contributed by atoms with Crippen molar-refractivity contribution in [2.75, 3.05) is 31.2 Å². The molecule has 1 atom stereocenters. The number of hydrogen-bond acceptors (Lipinski definition) is 5. The second kappa shape index (κ2) is 9.39. The van der Waals surface area contributed by atoms with Crippen LogP contribution in [0.5, 0.6) is 0 Å². The highest BCUT2D eigenvalue weighted by atomic mass is 32.1. The van der Waals surface area contributed by atoms with Gasteiger partial charge in [-0.05, 0) is 41.0 Å². The lowest BCUT2D eigenvalue weighted by atomic mass is 9.95. The number of piperidine rings is 1. The Labute approximate surface area is 216 Å². The fourth-order valence-corrected chi connectivity index (χ4v) is 6.07. The summed E-state index contributed by atoms with van der Waals surface area (Å²) < 4.78 is 5.46. The molecule has 0 aliphatic carbocycles. The third-order valence-corrected chi connectivity index (χ3v) is 7.99. The molecular formula is C28H27N3O2S2. The molecule has 0 bridgehead atoms. The number of hydrogen-bond donors (Lipinski definition) is 1. The topological polar surface area (TPSA) is 44.8 Å². The summed E-state index contributed by atoms with van der Waals surface area (Å²) in [4.78, 5) is 18.6. The van der Waals surface area contributed by atoms with Gasteiger partial charge in [-0.2, -0.15) is 0 Å². The Bertz CT molecular complexity index is 1330. The molecule has 0 spiro atoms. The minimum Gasteiger partial charge on any atom is -0.379 e. The molecule has 1 unspecified atom stereocenters. The fourth-order valence-electron chi connectivity index (χ4n) is 5.46. The maximum absolute atomic E-state index is 12.8. The van der Waals surface area contributed by atoms with Crippen molar-refractivity contribution in [2.45, 2.75) is 31.8 Å². The molecule has 178 valence electrons. The molecule has 3 aliphatic heterocycles. The minimum absolute atomic E-state index is 0.0641. The van der Waals surface area contributed by atoms with E-state index in [2.05, 4.69) is 64.8 Å². The average molecular weight is 502 g/mol. The van der Waals surface area contributed by atoms with Crippen LogP contribution in [0.15, 0.2) is 54.6 Å². The van der Waals surface area contributed by atoms with Gasteiger partial charge in [0.2, 0.25) is 5.91 Å². The summed E-state index contributed by atoms with van der Waals surface area (Å²) in [5.74, 6) is -0.0641. The number of carbonyl (C=O) groups is 1. The highest BCUT2D eigenvalue weighted by molar-refractivity contribution is 7.81. The number of amides is 1. The van der Waals surface area contributed by atoms with Crippen LogP contribution in [-0.2, 0) is 22.5 Å². The highest BCUT2D eigenvalue weighted by Crippen LogP contribution is 2.41. The first kappa shape index (κ1) is 22.7. The summed E-state index contributed by atoms with van der Waals surface area (Å²) >= 11 is 11.1. The Balaban J connectivity index is 1.27. The van der Waals surface area contributed by atoms with Gasteiger partial charge in [0.05, 0.1) is 23.9 Å². The van der Waals surface area contributed by atoms with Crippen molar-refractivity contribution >= 4 is 56.8 Å². The Morgan fingerprint density at radius 1 is 0.971 bits per heavy atom. The fraction of sp³-hybridized carbons (Fsp3) is 0.321. The van der Waals surface area contributed by atoms with E-state index < -0.39 is 0 Å². The zero-order valence-corrected chi connectivity index (χ0v) is 21.1. The number of carbonyl (C=O) groups excluding carboxylic acids is 1. The number of anilines is 1. The maximum atomic E-state index is 12.8. The second-order valence-electron chi connectivity index (χ2n) is 9.50. The van der Waals surface area contributed by atoms with Gasteiger partial charge in [0.25, 0.3) is 0 Å². The average Bonchev–Trinajstić information content (AvgIpc) is 3.15. The van der Waals surface area contributed by atoms with Crippen molar-refractivity contribution in [1.82, 2.24) is 10.2 Å². The lowest BCUT2D eigenvalue weighted by Gasteiger charge is -2.32. The molecule has 35 heavy (non-hydrogen) atoms. The minimum atomic E-state index is -0.324. The quantitative estimate of drug-likeness (QED) is 0.524. The smallest absolute Gasteiger partial charge is 0.247 e. The Hall–Kier alpha value is -2.71. The first-order chi connectivity index (χ1) is 17.1. The normalized spacial score (nSPS) is 20.5. The Kier molecular flexibility index (Phi) is 6.10. The van der Waals surface area contributed by atoms with E-state index in [1.807, 2.05) is 4.90 Å². The van der Waals surface area contributed by atoms with Gasteiger partial charge in [0.1, 0.15) is 11.0 Å². The van der Waals surface area contributed by atoms with Crippen LogP contribution >= 0.6 is 24.4 Å². The standard InChI is InChI=1S/C28H27N3O2S2/c32-27-24(10-11-25(34)29-27)31-23-9-8-20(21-2-1-3-22(26(21)23)28(31)35)16-18-4-6-19(7-5-18)17-30-12-14-33-15-13-30/h1-9,24H,10-17H2,(H,29,32,34). The van der Waals surface area contributed by atoms with E-state index in [1.165, 1.54) is 22.1 Å². The molecule has 0 saturated carbocycles. The molecule has 3 aliphatic rings. The molecule has 3 heterocycles. The Morgan fingerprint density at radius 3 is 2.51 bits per heavy atom. The summed E-state index contributed by atoms with van der Waals surface area (Å²) in [5.41, 5.74) is 5.95. The largest absolute Gasteiger partial charge is 0.379 e. The lowest BCUT2D eigenvalue weighted by Crippen LogP contribution is -2.53. The number of rotatable bonds is 5. The zero-order chi connectivity index (χ0) is 23.9. The molecule has 5 nitrogen and oxygen atoms in total. The molecular weight excluding hydrogens is 474 g/mol. The lowest BCUT2D eigenvalue weighted by molar-refractivity contribution is -0.121. The van der Waals surface area contributed by atoms with Crippen LogP contribution < -0.4 is 10.2 Å². The van der Waals surface area contributed by atoms with Crippen molar-refractivity contribution in [2.24, 2.45) is 0 Å². The zero-order valence-electron chi connectivity index (χ0n) is 19.5. The molecule has 2 saturated heterocycles. The number of benzene rings is 3. The van der Waals surface area contributed by atoms with Gasteiger partial charge in [-0.15, -0.1) is 0 Å². The van der Waals surface area contributed by atoms with Crippen LogP contribution in [0.3, 0.4) is 0 Å². The number of morpholine rings is 1. The molecule has 3 aromatic carbocycles. The van der Waals surface area contributed by atoms with E-state index in [4.69, 9.17) is 29.2 Å². The summed E-state index contributed by atoms with van der Waals surface area (Å²) in [5, 5.41) is 5.20. The summed E-state index contributed by atoms with van der Waals surface area (Å²) in [6, 6.07) is 19.3. The van der Waals surface area contributed by atoms with Crippen molar-refractivity contribution in [3.05, 3.63) is 76.9 Å². The second-order valence-corrected chi connectivity index (χ2v) is 10.4. The first-order valence-electron chi connectivity index (χ1n) is 12.2. The van der Waals surface area contributed by atoms with Crippen LogP contribution in [0.4, 0.5) is 5.69 Å². The van der Waals surface area contributed by atoms with Crippen molar-refractivity contribution in [3.63, 3.8) is 0 Å². The molecule has 6 rings (SSSR count). The van der Waals surface area contributed by atoms with Crippen LogP contribution in [0.2, 0.25) is 0 Å². The van der Waals surface area contributed by atoms with Gasteiger partial charge >= 0.3 is 0 Å². The predicted molar refractivity (Wildman–Crippen MR) is 147 cm³/mol. The van der Waals surface area contributed by atoms with Crippen molar-refractivity contribution in [1.29, 1.82) is 0 Å². The van der Waals surface area contributed by atoms with Gasteiger partial charge in [0.15, 0.2) is 0 Å². The molecule has 7 heteroatoms. The van der Waals surface area contributed by atoms with E-state index in [0.717, 1.165) is 60.9 Å². The van der Waals surface area contributed by atoms with Crippen molar-refractivity contribution in [3.8, 4) is 0 Å². The van der Waals surface area contributed by atoms with E-state index in [9.17, 15) is 4.79 Å².